The number of nitrogens with zero attached hydrogens (tertiary/aromatic N) is 2. The summed E-state index contributed by atoms with van der Waals surface area (Å²) < 4.78 is 0. The summed E-state index contributed by atoms with van der Waals surface area (Å²) in [6.07, 6.45) is 4.24. The molecular weight excluding hydrogens is 270 g/mol. The van der Waals surface area contributed by atoms with E-state index >= 15 is 0 Å². The van der Waals surface area contributed by atoms with Crippen molar-refractivity contribution in [3.05, 3.63) is 41.6 Å². The van der Waals surface area contributed by atoms with Crippen molar-refractivity contribution >= 4 is 10.9 Å². The Balaban J connectivity index is 1.31. The number of aromatic nitrogens is 1. The third-order valence-corrected chi connectivity index (χ3v) is 5.04. The van der Waals surface area contributed by atoms with Gasteiger partial charge < -0.3 is 10.2 Å². The van der Waals surface area contributed by atoms with Gasteiger partial charge in [0, 0.05) is 30.2 Å². The summed E-state index contributed by atoms with van der Waals surface area (Å²) in [4.78, 5) is 7.26. The molecule has 1 aromatic heterocycles. The quantitative estimate of drug-likeness (QED) is 0.918. The van der Waals surface area contributed by atoms with Gasteiger partial charge in [-0.15, -0.1) is 0 Å². The SMILES string of the molecule is Cc1ccc2cc(CNC[C@@H]3CCN(C4CC4)C3)ccc2n1. The van der Waals surface area contributed by atoms with Gasteiger partial charge in [0.1, 0.15) is 0 Å². The predicted octanol–water partition coefficient (Wildman–Crippen LogP) is 3.12. The summed E-state index contributed by atoms with van der Waals surface area (Å²) in [6, 6.07) is 11.8. The van der Waals surface area contributed by atoms with Crippen molar-refractivity contribution in [3.8, 4) is 0 Å². The molecular formula is C19H25N3. The number of benzene rings is 1. The molecule has 1 aliphatic heterocycles. The summed E-state index contributed by atoms with van der Waals surface area (Å²) in [5, 5.41) is 4.89. The minimum atomic E-state index is 0.838. The zero-order chi connectivity index (χ0) is 14.9. The standard InChI is InChI=1S/C19H25N3/c1-14-2-4-17-10-15(3-7-19(17)21-14)11-20-12-16-8-9-22(13-16)18-5-6-18/h2-4,7,10,16,18,20H,5-6,8-9,11-13H2,1H3/t16-/m0/s1. The molecule has 1 N–H and O–H groups in total. The second-order valence-electron chi connectivity index (χ2n) is 6.99. The number of hydrogen-bond acceptors (Lipinski definition) is 3. The van der Waals surface area contributed by atoms with E-state index in [-0.39, 0.29) is 0 Å². The van der Waals surface area contributed by atoms with Gasteiger partial charge >= 0.3 is 0 Å². The summed E-state index contributed by atoms with van der Waals surface area (Å²) in [5.74, 6) is 0.838. The lowest BCUT2D eigenvalue weighted by Gasteiger charge is -2.15. The van der Waals surface area contributed by atoms with Gasteiger partial charge in [-0.25, -0.2) is 0 Å². The Kier molecular flexibility index (Phi) is 3.85. The Bertz CT molecular complexity index is 663. The maximum Gasteiger partial charge on any atom is 0.0705 e. The molecule has 2 fully saturated rings. The first-order valence-corrected chi connectivity index (χ1v) is 8.59. The van der Waals surface area contributed by atoms with Gasteiger partial charge in [-0.2, -0.15) is 0 Å². The Hall–Kier alpha value is -1.45. The zero-order valence-electron chi connectivity index (χ0n) is 13.4. The molecule has 1 saturated carbocycles. The van der Waals surface area contributed by atoms with Gasteiger partial charge in [0.2, 0.25) is 0 Å². The van der Waals surface area contributed by atoms with Crippen LogP contribution in [0.15, 0.2) is 30.3 Å². The molecule has 3 heteroatoms. The number of pyridine rings is 1. The van der Waals surface area contributed by atoms with E-state index in [2.05, 4.69) is 45.5 Å². The van der Waals surface area contributed by atoms with Crippen LogP contribution in [0.2, 0.25) is 0 Å². The van der Waals surface area contributed by atoms with Crippen molar-refractivity contribution in [1.82, 2.24) is 15.2 Å². The summed E-state index contributed by atoms with van der Waals surface area (Å²) in [7, 11) is 0. The molecule has 0 spiro atoms. The molecule has 22 heavy (non-hydrogen) atoms. The zero-order valence-corrected chi connectivity index (χ0v) is 13.4. The topological polar surface area (TPSA) is 28.2 Å². The van der Waals surface area contributed by atoms with Gasteiger partial charge in [-0.05, 0) is 69.0 Å². The van der Waals surface area contributed by atoms with Crippen LogP contribution >= 0.6 is 0 Å². The first-order valence-electron chi connectivity index (χ1n) is 8.59. The lowest BCUT2D eigenvalue weighted by molar-refractivity contribution is 0.312. The van der Waals surface area contributed by atoms with Crippen LogP contribution < -0.4 is 5.32 Å². The molecule has 0 amide bonds. The van der Waals surface area contributed by atoms with E-state index < -0.39 is 0 Å². The average Bonchev–Trinajstić information content (AvgIpc) is 3.27. The highest BCUT2D eigenvalue weighted by atomic mass is 15.2. The second kappa shape index (κ2) is 5.98. The van der Waals surface area contributed by atoms with Crippen LogP contribution in [0.3, 0.4) is 0 Å². The van der Waals surface area contributed by atoms with E-state index in [1.54, 1.807) is 0 Å². The first-order chi connectivity index (χ1) is 10.8. The molecule has 1 aromatic carbocycles. The lowest BCUT2D eigenvalue weighted by atomic mass is 10.1. The average molecular weight is 295 g/mol. The van der Waals surface area contributed by atoms with Crippen molar-refractivity contribution in [1.29, 1.82) is 0 Å². The molecule has 116 valence electrons. The van der Waals surface area contributed by atoms with Crippen molar-refractivity contribution in [2.24, 2.45) is 5.92 Å². The molecule has 0 bridgehead atoms. The van der Waals surface area contributed by atoms with E-state index in [0.29, 0.717) is 0 Å². The third kappa shape index (κ3) is 3.16. The maximum absolute atomic E-state index is 4.56. The van der Waals surface area contributed by atoms with E-state index in [1.807, 2.05) is 6.92 Å². The van der Waals surface area contributed by atoms with E-state index in [4.69, 9.17) is 0 Å². The van der Waals surface area contributed by atoms with Gasteiger partial charge in [-0.1, -0.05) is 12.1 Å². The number of likely N-dealkylation sites (tertiary alicyclic amines) is 1. The van der Waals surface area contributed by atoms with Crippen LogP contribution in [0.25, 0.3) is 10.9 Å². The molecule has 0 radical (unpaired) electrons. The summed E-state index contributed by atoms with van der Waals surface area (Å²) >= 11 is 0. The van der Waals surface area contributed by atoms with Crippen molar-refractivity contribution < 1.29 is 0 Å². The number of aryl methyl sites for hydroxylation is 1. The van der Waals surface area contributed by atoms with Gasteiger partial charge in [-0.3, -0.25) is 4.98 Å². The number of hydrogen-bond donors (Lipinski definition) is 1. The monoisotopic (exact) mass is 295 g/mol. The second-order valence-corrected chi connectivity index (χ2v) is 6.99. The van der Waals surface area contributed by atoms with Gasteiger partial charge in [0.05, 0.1) is 5.52 Å². The molecule has 1 atom stereocenters. The predicted molar refractivity (Wildman–Crippen MR) is 90.9 cm³/mol. The van der Waals surface area contributed by atoms with E-state index in [0.717, 1.165) is 36.3 Å². The number of fused-ring (bicyclic) bond motifs is 1. The van der Waals surface area contributed by atoms with Crippen LogP contribution in [-0.4, -0.2) is 35.6 Å². The van der Waals surface area contributed by atoms with E-state index in [9.17, 15) is 0 Å². The third-order valence-electron chi connectivity index (χ3n) is 5.04. The van der Waals surface area contributed by atoms with Crippen molar-refractivity contribution in [2.75, 3.05) is 19.6 Å². The highest BCUT2D eigenvalue weighted by Crippen LogP contribution is 2.31. The Morgan fingerprint density at radius 3 is 2.95 bits per heavy atom. The minimum absolute atomic E-state index is 0.838. The molecule has 2 aliphatic rings. The van der Waals surface area contributed by atoms with Crippen LogP contribution in [0.5, 0.6) is 0 Å². The molecule has 4 rings (SSSR count). The molecule has 2 aromatic rings. The summed E-state index contributed by atoms with van der Waals surface area (Å²) in [6.45, 7) is 6.77. The van der Waals surface area contributed by atoms with E-state index in [1.165, 1.54) is 43.3 Å². The Morgan fingerprint density at radius 2 is 2.09 bits per heavy atom. The molecule has 1 saturated heterocycles. The van der Waals surface area contributed by atoms with Crippen molar-refractivity contribution in [2.45, 2.75) is 38.8 Å². The normalized spacial score (nSPS) is 22.5. The lowest BCUT2D eigenvalue weighted by Crippen LogP contribution is -2.27. The molecule has 1 aliphatic carbocycles. The minimum Gasteiger partial charge on any atom is -0.312 e. The number of rotatable bonds is 5. The fourth-order valence-corrected chi connectivity index (χ4v) is 3.61. The maximum atomic E-state index is 4.56. The summed E-state index contributed by atoms with van der Waals surface area (Å²) in [5.41, 5.74) is 3.54. The fraction of sp³-hybridized carbons (Fsp3) is 0.526. The Labute approximate surface area is 132 Å². The number of nitrogens with one attached hydrogen (secondary N) is 1. The van der Waals surface area contributed by atoms with Crippen LogP contribution in [-0.2, 0) is 6.54 Å². The van der Waals surface area contributed by atoms with Gasteiger partial charge in [0.25, 0.3) is 0 Å². The van der Waals surface area contributed by atoms with Crippen LogP contribution in [0, 0.1) is 12.8 Å². The highest BCUT2D eigenvalue weighted by Gasteiger charge is 2.33. The fourth-order valence-electron chi connectivity index (χ4n) is 3.61. The molecule has 0 unspecified atom stereocenters. The van der Waals surface area contributed by atoms with Crippen LogP contribution in [0.1, 0.15) is 30.5 Å². The van der Waals surface area contributed by atoms with Crippen LogP contribution in [0.4, 0.5) is 0 Å². The van der Waals surface area contributed by atoms with Gasteiger partial charge in [0.15, 0.2) is 0 Å². The van der Waals surface area contributed by atoms with Crippen molar-refractivity contribution in [3.63, 3.8) is 0 Å². The highest BCUT2D eigenvalue weighted by molar-refractivity contribution is 5.79. The first kappa shape index (κ1) is 14.2. The smallest absolute Gasteiger partial charge is 0.0705 e. The Morgan fingerprint density at radius 1 is 1.18 bits per heavy atom. The largest absolute Gasteiger partial charge is 0.312 e. The molecule has 3 nitrogen and oxygen atoms in total. The molecule has 2 heterocycles.